The zero-order valence-corrected chi connectivity index (χ0v) is 23.6. The molecule has 1 amide bonds. The minimum atomic E-state index is -3.99. The highest BCUT2D eigenvalue weighted by Gasteiger charge is 2.20. The number of anilines is 2. The number of ether oxygens (including phenoxy) is 3. The second kappa shape index (κ2) is 12.2. The summed E-state index contributed by atoms with van der Waals surface area (Å²) < 4.78 is 40.5. The van der Waals surface area contributed by atoms with Crippen molar-refractivity contribution >= 4 is 38.2 Å². The second-order valence-corrected chi connectivity index (χ2v) is 10.5. The van der Waals surface area contributed by atoms with Crippen molar-refractivity contribution in [2.45, 2.75) is 24.7 Å². The first-order chi connectivity index (χ1) is 19.2. The molecule has 0 aliphatic carbocycles. The first-order valence-electron chi connectivity index (χ1n) is 12.6. The topological polar surface area (TPSA) is 142 Å². The van der Waals surface area contributed by atoms with Crippen molar-refractivity contribution in [3.63, 3.8) is 0 Å². The van der Waals surface area contributed by atoms with Crippen molar-refractivity contribution in [3.05, 3.63) is 66.2 Å². The smallest absolute Gasteiger partial charge is 0.256 e. The average molecular weight is 565 g/mol. The third kappa shape index (κ3) is 6.11. The molecule has 0 bridgehead atoms. The normalized spacial score (nSPS) is 11.2. The van der Waals surface area contributed by atoms with Gasteiger partial charge in [-0.1, -0.05) is 31.5 Å². The largest absolute Gasteiger partial charge is 0.493 e. The van der Waals surface area contributed by atoms with Gasteiger partial charge >= 0.3 is 0 Å². The van der Waals surface area contributed by atoms with Crippen LogP contribution in [-0.4, -0.2) is 47.2 Å². The molecule has 0 fully saturated rings. The quantitative estimate of drug-likeness (QED) is 0.215. The van der Waals surface area contributed by atoms with Gasteiger partial charge in [0.1, 0.15) is 0 Å². The third-order valence-corrected chi connectivity index (χ3v) is 7.25. The van der Waals surface area contributed by atoms with Crippen LogP contribution in [0.4, 0.5) is 11.4 Å². The zero-order chi connectivity index (χ0) is 28.9. The monoisotopic (exact) mass is 564 g/mol. The van der Waals surface area contributed by atoms with E-state index >= 15 is 0 Å². The summed E-state index contributed by atoms with van der Waals surface area (Å²) in [5.41, 5.74) is 2.96. The number of aromatic nitrogens is 1. The van der Waals surface area contributed by atoms with E-state index in [-0.39, 0.29) is 4.90 Å². The summed E-state index contributed by atoms with van der Waals surface area (Å²) in [7, 11) is 0.580. The fourth-order valence-electron chi connectivity index (χ4n) is 4.29. The van der Waals surface area contributed by atoms with E-state index < -0.39 is 15.9 Å². The lowest BCUT2D eigenvalue weighted by molar-refractivity contribution is 0.102. The lowest BCUT2D eigenvalue weighted by atomic mass is 10.0. The molecule has 0 saturated carbocycles. The molecule has 40 heavy (non-hydrogen) atoms. The first-order valence-corrected chi connectivity index (χ1v) is 14.2. The fraction of sp³-hybridized carbons (Fsp3) is 0.241. The van der Waals surface area contributed by atoms with E-state index in [0.717, 1.165) is 12.8 Å². The van der Waals surface area contributed by atoms with Crippen molar-refractivity contribution in [2.24, 2.45) is 5.14 Å². The van der Waals surface area contributed by atoms with Crippen molar-refractivity contribution in [1.82, 2.24) is 4.98 Å². The number of amides is 1. The summed E-state index contributed by atoms with van der Waals surface area (Å²) in [5.74, 6) is 0.878. The summed E-state index contributed by atoms with van der Waals surface area (Å²) in [6, 6.07) is 16.8. The number of pyridine rings is 1. The Hall–Kier alpha value is -4.35. The number of nitrogens with two attached hydrogens (primary N) is 1. The van der Waals surface area contributed by atoms with Crippen molar-refractivity contribution in [1.29, 1.82) is 0 Å². The van der Waals surface area contributed by atoms with Crippen LogP contribution in [0.3, 0.4) is 0 Å². The van der Waals surface area contributed by atoms with Gasteiger partial charge in [-0.25, -0.2) is 18.5 Å². The lowest BCUT2D eigenvalue weighted by Crippen LogP contribution is -2.17. The summed E-state index contributed by atoms with van der Waals surface area (Å²) in [6.07, 6.45) is 1.87. The number of fused-ring (bicyclic) bond motifs is 1. The van der Waals surface area contributed by atoms with Gasteiger partial charge in [-0.15, -0.1) is 0 Å². The van der Waals surface area contributed by atoms with Crippen LogP contribution >= 0.6 is 0 Å². The Labute approximate surface area is 233 Å². The minimum absolute atomic E-state index is 0.110. The molecule has 11 heteroatoms. The van der Waals surface area contributed by atoms with Gasteiger partial charge < -0.3 is 24.8 Å². The highest BCUT2D eigenvalue weighted by molar-refractivity contribution is 7.89. The molecular formula is C29H32N4O6S. The molecule has 0 spiro atoms. The maximum atomic E-state index is 13.8. The number of sulfonamides is 1. The number of para-hydroxylation sites is 1. The molecule has 210 valence electrons. The Kier molecular flexibility index (Phi) is 8.76. The second-order valence-electron chi connectivity index (χ2n) is 8.97. The molecular weight excluding hydrogens is 532 g/mol. The average Bonchev–Trinajstić information content (AvgIpc) is 2.95. The number of nitrogens with zero attached hydrogens (tertiary/aromatic N) is 1. The Bertz CT molecular complexity index is 1630. The number of carbonyl (C=O) groups is 1. The van der Waals surface area contributed by atoms with Gasteiger partial charge in [0.15, 0.2) is 11.5 Å². The van der Waals surface area contributed by atoms with Gasteiger partial charge in [0.05, 0.1) is 54.4 Å². The molecule has 0 radical (unpaired) electrons. The number of unbranched alkanes of at least 4 members (excludes halogenated alkanes) is 1. The number of carbonyl (C=O) groups excluding carboxylic acids is 1. The van der Waals surface area contributed by atoms with E-state index in [2.05, 4.69) is 17.6 Å². The van der Waals surface area contributed by atoms with E-state index in [0.29, 0.717) is 62.9 Å². The summed E-state index contributed by atoms with van der Waals surface area (Å²) in [6.45, 7) is 2.71. The van der Waals surface area contributed by atoms with Crippen molar-refractivity contribution < 1.29 is 27.4 Å². The standard InChI is InChI=1S/C29H32N4O6S/c1-5-6-13-31-23-12-11-19(40(30,35)36)16-25(23)33-29(34)21-17-24(32-22-10-8-7-9-20(21)22)18-14-26(37-2)28(39-4)27(15-18)38-3/h7-12,14-17,31H,5-6,13H2,1-4H3,(H,33,34)(H2,30,35,36). The molecule has 0 atom stereocenters. The molecule has 0 unspecified atom stereocenters. The molecule has 0 aliphatic heterocycles. The maximum absolute atomic E-state index is 13.8. The van der Waals surface area contributed by atoms with Crippen LogP contribution in [0, 0.1) is 0 Å². The van der Waals surface area contributed by atoms with E-state index in [9.17, 15) is 13.2 Å². The van der Waals surface area contributed by atoms with Gasteiger partial charge in [-0.3, -0.25) is 4.79 Å². The van der Waals surface area contributed by atoms with Gasteiger partial charge in [-0.2, -0.15) is 0 Å². The van der Waals surface area contributed by atoms with Crippen molar-refractivity contribution in [3.8, 4) is 28.5 Å². The van der Waals surface area contributed by atoms with E-state index in [1.165, 1.54) is 33.5 Å². The lowest BCUT2D eigenvalue weighted by Gasteiger charge is -2.16. The molecule has 4 aromatic rings. The molecule has 1 aromatic heterocycles. The van der Waals surface area contributed by atoms with Crippen LogP contribution in [0.2, 0.25) is 0 Å². The van der Waals surface area contributed by atoms with Crippen molar-refractivity contribution in [2.75, 3.05) is 38.5 Å². The van der Waals surface area contributed by atoms with E-state index in [1.807, 2.05) is 18.2 Å². The Morgan fingerprint density at radius 3 is 2.25 bits per heavy atom. The third-order valence-electron chi connectivity index (χ3n) is 6.33. The van der Waals surface area contributed by atoms with Crippen LogP contribution in [0.5, 0.6) is 17.2 Å². The summed E-state index contributed by atoms with van der Waals surface area (Å²) in [4.78, 5) is 18.5. The van der Waals surface area contributed by atoms with Crippen LogP contribution in [0.25, 0.3) is 22.2 Å². The molecule has 0 aliphatic rings. The summed E-state index contributed by atoms with van der Waals surface area (Å²) >= 11 is 0. The predicted octanol–water partition coefficient (Wildman–Crippen LogP) is 5.04. The van der Waals surface area contributed by atoms with Crippen LogP contribution in [0.15, 0.2) is 65.6 Å². The minimum Gasteiger partial charge on any atom is -0.493 e. The Balaban J connectivity index is 1.82. The van der Waals surface area contributed by atoms with Gasteiger partial charge in [-0.05, 0) is 48.9 Å². The molecule has 0 saturated heterocycles. The molecule has 4 rings (SSSR count). The highest BCUT2D eigenvalue weighted by atomic mass is 32.2. The fourth-order valence-corrected chi connectivity index (χ4v) is 4.83. The Morgan fingerprint density at radius 2 is 1.62 bits per heavy atom. The molecule has 1 heterocycles. The van der Waals surface area contributed by atoms with Crippen LogP contribution in [0.1, 0.15) is 30.1 Å². The molecule has 3 aromatic carbocycles. The number of hydrogen-bond donors (Lipinski definition) is 3. The Morgan fingerprint density at radius 1 is 0.925 bits per heavy atom. The molecule has 10 nitrogen and oxygen atoms in total. The van der Waals surface area contributed by atoms with E-state index in [1.54, 1.807) is 30.3 Å². The van der Waals surface area contributed by atoms with Gasteiger partial charge in [0, 0.05) is 17.5 Å². The molecule has 4 N–H and O–H groups in total. The SMILES string of the molecule is CCCCNc1ccc(S(N)(=O)=O)cc1NC(=O)c1cc(-c2cc(OC)c(OC)c(OC)c2)nc2ccccc12. The number of rotatable bonds is 11. The summed E-state index contributed by atoms with van der Waals surface area (Å²) in [5, 5.41) is 12.1. The number of nitrogens with one attached hydrogen (secondary N) is 2. The maximum Gasteiger partial charge on any atom is 0.256 e. The number of methoxy groups -OCH3 is 3. The number of hydrogen-bond acceptors (Lipinski definition) is 8. The highest BCUT2D eigenvalue weighted by Crippen LogP contribution is 2.41. The zero-order valence-electron chi connectivity index (χ0n) is 22.8. The van der Waals surface area contributed by atoms with Crippen LogP contribution in [-0.2, 0) is 10.0 Å². The van der Waals surface area contributed by atoms with Gasteiger partial charge in [0.25, 0.3) is 5.91 Å². The van der Waals surface area contributed by atoms with Gasteiger partial charge in [0.2, 0.25) is 15.8 Å². The first kappa shape index (κ1) is 28.7. The number of primary sulfonamides is 1. The predicted molar refractivity (Wildman–Crippen MR) is 156 cm³/mol. The van der Waals surface area contributed by atoms with E-state index in [4.69, 9.17) is 24.3 Å². The van der Waals surface area contributed by atoms with Crippen LogP contribution < -0.4 is 30.0 Å². The number of benzene rings is 3.